The zero-order chi connectivity index (χ0) is 22.7. The third-order valence-corrected chi connectivity index (χ3v) is 7.29. The van der Waals surface area contributed by atoms with Crippen LogP contribution in [0.1, 0.15) is 41.0 Å². The normalized spacial score (nSPS) is 13.9. The van der Waals surface area contributed by atoms with E-state index in [0.29, 0.717) is 6.42 Å². The third kappa shape index (κ3) is 7.94. The summed E-state index contributed by atoms with van der Waals surface area (Å²) in [4.78, 5) is 24.4. The first kappa shape index (κ1) is 27.3. The lowest BCUT2D eigenvalue weighted by Gasteiger charge is -2.31. The van der Waals surface area contributed by atoms with E-state index in [4.69, 9.17) is 18.0 Å². The number of nitrogens with one attached hydrogen (secondary N) is 2. The lowest BCUT2D eigenvalue weighted by molar-refractivity contribution is -0.127. The number of amides is 2. The molecular weight excluding hydrogens is 396 g/mol. The summed E-state index contributed by atoms with van der Waals surface area (Å²) >= 11 is 0. The fraction of sp³-hybridized carbons (Fsp3) is 0.778. The number of azo groups is 1. The van der Waals surface area contributed by atoms with Gasteiger partial charge in [0.2, 0.25) is 5.91 Å². The molecule has 2 amide bonds. The number of rotatable bonds is 14. The Labute approximate surface area is 174 Å². The molecule has 0 saturated heterocycles. The maximum absolute atomic E-state index is 12.5. The van der Waals surface area contributed by atoms with Crippen molar-refractivity contribution < 1.29 is 27.6 Å². The molecule has 0 radical (unpaired) electrons. The molecule has 0 aromatic heterocycles. The van der Waals surface area contributed by atoms with Gasteiger partial charge in [-0.3, -0.25) is 9.59 Å². The van der Waals surface area contributed by atoms with Crippen molar-refractivity contribution in [3.63, 3.8) is 0 Å². The van der Waals surface area contributed by atoms with Crippen molar-refractivity contribution in [2.24, 2.45) is 10.2 Å². The highest BCUT2D eigenvalue weighted by Gasteiger charge is 2.47. The molecule has 0 heterocycles. The molecule has 2 N–H and O–H groups in total. The zero-order valence-electron chi connectivity index (χ0n) is 18.8. The summed E-state index contributed by atoms with van der Waals surface area (Å²) in [5.74, 6) is -0.708. The Morgan fingerprint density at radius 1 is 1.03 bits per heavy atom. The predicted molar refractivity (Wildman–Crippen MR) is 111 cm³/mol. The lowest BCUT2D eigenvalue weighted by atomic mass is 10.1. The highest BCUT2D eigenvalue weighted by atomic mass is 28.4. The molecule has 0 bridgehead atoms. The van der Waals surface area contributed by atoms with E-state index in [0.717, 1.165) is 0 Å². The van der Waals surface area contributed by atoms with Crippen LogP contribution in [-0.4, -0.2) is 71.9 Å². The Bertz CT molecular complexity index is 570. The van der Waals surface area contributed by atoms with Crippen LogP contribution in [0, 0.1) is 0 Å². The number of ether oxygens (including phenoxy) is 1. The number of hydrogen-bond acceptors (Lipinski definition) is 8. The van der Waals surface area contributed by atoms with Gasteiger partial charge in [-0.25, -0.2) is 0 Å². The summed E-state index contributed by atoms with van der Waals surface area (Å²) in [5, 5.41) is 13.3. The van der Waals surface area contributed by atoms with Crippen LogP contribution < -0.4 is 10.6 Å². The number of carbonyl (C=O) groups excluding carboxylic acids is 2. The fourth-order valence-electron chi connectivity index (χ4n) is 2.31. The monoisotopic (exact) mass is 432 g/mol. The molecule has 1 atom stereocenters. The largest absolute Gasteiger partial charge is 0.530 e. The summed E-state index contributed by atoms with van der Waals surface area (Å²) < 4.78 is 22.1. The van der Waals surface area contributed by atoms with Crippen molar-refractivity contribution in [2.45, 2.75) is 57.8 Å². The number of nitrogens with zero attached hydrogens (tertiary/aromatic N) is 2. The summed E-state index contributed by atoms with van der Waals surface area (Å²) in [6, 6.07) is 0. The maximum atomic E-state index is 12.5. The van der Waals surface area contributed by atoms with E-state index < -0.39 is 19.9 Å². The molecule has 0 spiro atoms. The molecule has 0 aromatic rings. The third-order valence-electron chi connectivity index (χ3n) is 4.22. The van der Waals surface area contributed by atoms with Crippen molar-refractivity contribution in [3.05, 3.63) is 12.8 Å². The SMILES string of the molecule is C=CNC(=O)C(C)(C)N=NC(C)(C)C(=O)NCCOC(CC)[Si](OC)(OC)OC. The molecule has 0 aromatic carbocycles. The van der Waals surface area contributed by atoms with Gasteiger partial charge in [0.05, 0.1) is 6.61 Å². The van der Waals surface area contributed by atoms with Gasteiger partial charge in [-0.1, -0.05) is 13.5 Å². The van der Waals surface area contributed by atoms with E-state index >= 15 is 0 Å². The van der Waals surface area contributed by atoms with E-state index in [1.165, 1.54) is 27.5 Å². The summed E-state index contributed by atoms with van der Waals surface area (Å²) in [6.45, 7) is 12.3. The van der Waals surface area contributed by atoms with Crippen LogP contribution >= 0.6 is 0 Å². The minimum atomic E-state index is -2.93. The Hall–Kier alpha value is -1.66. The van der Waals surface area contributed by atoms with Crippen LogP contribution in [0.2, 0.25) is 0 Å². The van der Waals surface area contributed by atoms with Gasteiger partial charge < -0.3 is 28.6 Å². The van der Waals surface area contributed by atoms with Gasteiger partial charge in [-0.05, 0) is 40.3 Å². The van der Waals surface area contributed by atoms with Crippen LogP contribution in [0.4, 0.5) is 0 Å². The second-order valence-electron chi connectivity index (χ2n) is 7.24. The van der Waals surface area contributed by atoms with Gasteiger partial charge in [0.25, 0.3) is 5.91 Å². The molecule has 0 fully saturated rings. The van der Waals surface area contributed by atoms with Crippen molar-refractivity contribution in [2.75, 3.05) is 34.5 Å². The Morgan fingerprint density at radius 3 is 1.93 bits per heavy atom. The average Bonchev–Trinajstić information content (AvgIpc) is 2.69. The molecule has 11 heteroatoms. The van der Waals surface area contributed by atoms with E-state index in [-0.39, 0.29) is 30.7 Å². The highest BCUT2D eigenvalue weighted by molar-refractivity contribution is 6.62. The first-order valence-corrected chi connectivity index (χ1v) is 11.2. The second-order valence-corrected chi connectivity index (χ2v) is 10.3. The Kier molecular flexibility index (Phi) is 11.4. The van der Waals surface area contributed by atoms with Gasteiger partial charge in [0, 0.05) is 27.9 Å². The topological polar surface area (TPSA) is 120 Å². The molecule has 10 nitrogen and oxygen atoms in total. The van der Waals surface area contributed by atoms with Gasteiger partial charge in [0.15, 0.2) is 11.1 Å². The van der Waals surface area contributed by atoms with Crippen LogP contribution in [0.5, 0.6) is 0 Å². The van der Waals surface area contributed by atoms with Gasteiger partial charge in [0.1, 0.15) is 5.73 Å². The van der Waals surface area contributed by atoms with E-state index in [1.807, 2.05) is 6.92 Å². The van der Waals surface area contributed by atoms with Crippen LogP contribution in [0.3, 0.4) is 0 Å². The minimum absolute atomic E-state index is 0.246. The van der Waals surface area contributed by atoms with Crippen molar-refractivity contribution >= 4 is 20.6 Å². The minimum Gasteiger partial charge on any atom is -0.375 e. The molecule has 0 aliphatic rings. The molecular formula is C18H36N4O6Si. The van der Waals surface area contributed by atoms with Crippen molar-refractivity contribution in [3.8, 4) is 0 Å². The smallest absolute Gasteiger partial charge is 0.375 e. The van der Waals surface area contributed by atoms with E-state index in [1.54, 1.807) is 27.7 Å². The van der Waals surface area contributed by atoms with Gasteiger partial charge in [-0.15, -0.1) is 0 Å². The summed E-state index contributed by atoms with van der Waals surface area (Å²) in [7, 11) is 1.65. The van der Waals surface area contributed by atoms with Crippen LogP contribution in [0.25, 0.3) is 0 Å². The Balaban J connectivity index is 4.78. The first-order valence-electron chi connectivity index (χ1n) is 9.37. The van der Waals surface area contributed by atoms with Crippen molar-refractivity contribution in [1.29, 1.82) is 0 Å². The summed E-state index contributed by atoms with van der Waals surface area (Å²) in [5.41, 5.74) is -2.63. The molecule has 29 heavy (non-hydrogen) atoms. The molecule has 0 saturated carbocycles. The first-order chi connectivity index (χ1) is 13.5. The van der Waals surface area contributed by atoms with Gasteiger partial charge in [-0.2, -0.15) is 10.2 Å². The van der Waals surface area contributed by atoms with Crippen LogP contribution in [0.15, 0.2) is 23.0 Å². The van der Waals surface area contributed by atoms with Gasteiger partial charge >= 0.3 is 8.80 Å². The lowest BCUT2D eigenvalue weighted by Crippen LogP contribution is -2.55. The van der Waals surface area contributed by atoms with Crippen LogP contribution in [-0.2, 0) is 27.6 Å². The fourth-order valence-corrected chi connectivity index (χ4v) is 4.42. The molecule has 0 aliphatic carbocycles. The second kappa shape index (κ2) is 12.1. The van der Waals surface area contributed by atoms with E-state index in [9.17, 15) is 9.59 Å². The van der Waals surface area contributed by atoms with E-state index in [2.05, 4.69) is 27.4 Å². The number of carbonyl (C=O) groups is 2. The van der Waals surface area contributed by atoms with Crippen molar-refractivity contribution in [1.82, 2.24) is 10.6 Å². The predicted octanol–water partition coefficient (Wildman–Crippen LogP) is 1.58. The zero-order valence-corrected chi connectivity index (χ0v) is 19.8. The molecule has 0 rings (SSSR count). The highest BCUT2D eigenvalue weighted by Crippen LogP contribution is 2.18. The quantitative estimate of drug-likeness (QED) is 0.244. The standard InChI is InChI=1S/C18H36N4O6Si/c1-10-14(29(25-7,26-8)27-9)28-13-12-20-16(24)18(5,6)22-21-17(3,4)15(23)19-11-2/h11,14H,2,10,12-13H2,1,3-9H3,(H,19,23)(H,20,24). The average molecular weight is 433 g/mol. The summed E-state index contributed by atoms with van der Waals surface area (Å²) in [6.07, 6.45) is 1.91. The molecule has 1 unspecified atom stereocenters. The molecule has 0 aliphatic heterocycles. The molecule has 168 valence electrons. The maximum Gasteiger partial charge on any atom is 0.530 e. The Morgan fingerprint density at radius 2 is 1.52 bits per heavy atom. The number of hydrogen-bond donors (Lipinski definition) is 2.